The van der Waals surface area contributed by atoms with Gasteiger partial charge >= 0.3 is 12.2 Å². The number of hydrogen-bond acceptors (Lipinski definition) is 3. The number of nitrogens with one attached hydrogen (secondary N) is 2. The first-order valence-electron chi connectivity index (χ1n) is 7.48. The second-order valence-electron chi connectivity index (χ2n) is 6.24. The Kier molecular flexibility index (Phi) is 6.84. The molecule has 0 fully saturated rings. The molecule has 0 radical (unpaired) electrons. The lowest BCUT2D eigenvalue weighted by Crippen LogP contribution is -2.58. The molecule has 0 saturated heterocycles. The zero-order valence-corrected chi connectivity index (χ0v) is 13.5. The lowest BCUT2D eigenvalue weighted by molar-refractivity contribution is 0.165. The summed E-state index contributed by atoms with van der Waals surface area (Å²) in [6, 6.07) is 8.71. The number of aryl methyl sites for hydroxylation is 1. The number of rotatable bonds is 8. The van der Waals surface area contributed by atoms with Gasteiger partial charge in [-0.3, -0.25) is 0 Å². The van der Waals surface area contributed by atoms with E-state index in [1.807, 2.05) is 44.2 Å². The van der Waals surface area contributed by atoms with Crippen LogP contribution in [0.3, 0.4) is 0 Å². The van der Waals surface area contributed by atoms with Crippen LogP contribution in [-0.4, -0.2) is 41.0 Å². The van der Waals surface area contributed by atoms with E-state index in [2.05, 4.69) is 10.6 Å². The first-order chi connectivity index (χ1) is 10.7. The van der Waals surface area contributed by atoms with Crippen LogP contribution in [0.1, 0.15) is 25.8 Å². The summed E-state index contributed by atoms with van der Waals surface area (Å²) in [6.07, 6.45) is -0.871. The normalized spacial score (nSPS) is 13.9. The predicted molar refractivity (Wildman–Crippen MR) is 87.5 cm³/mol. The smallest absolute Gasteiger partial charge is 0.404 e. The number of hydrogen-bond donors (Lipinski definition) is 5. The Morgan fingerprint density at radius 1 is 1.17 bits per heavy atom. The third kappa shape index (κ3) is 6.56. The van der Waals surface area contributed by atoms with Crippen LogP contribution in [0.25, 0.3) is 0 Å². The maximum atomic E-state index is 10.9. The van der Waals surface area contributed by atoms with Gasteiger partial charge < -0.3 is 26.6 Å². The Bertz CT molecular complexity index is 519. The summed E-state index contributed by atoms with van der Waals surface area (Å²) in [5.74, 6) is 0. The molecule has 23 heavy (non-hydrogen) atoms. The fourth-order valence-corrected chi connectivity index (χ4v) is 2.45. The summed E-state index contributed by atoms with van der Waals surface area (Å²) in [7, 11) is 0. The van der Waals surface area contributed by atoms with Gasteiger partial charge in [0.15, 0.2) is 0 Å². The minimum atomic E-state index is -1.23. The zero-order chi connectivity index (χ0) is 17.5. The fraction of sp³-hybridized carbons (Fsp3) is 0.500. The van der Waals surface area contributed by atoms with Gasteiger partial charge in [0.2, 0.25) is 0 Å². The van der Waals surface area contributed by atoms with Crippen molar-refractivity contribution in [3.05, 3.63) is 35.9 Å². The quantitative estimate of drug-likeness (QED) is 0.499. The third-order valence-corrected chi connectivity index (χ3v) is 4.02. The summed E-state index contributed by atoms with van der Waals surface area (Å²) in [6.45, 7) is 3.84. The SMILES string of the molecule is CC(C)(CCc1ccccc1)[C@@H](N)[C@@H](CNC(=O)O)NC(=O)O. The summed E-state index contributed by atoms with van der Waals surface area (Å²) in [5, 5.41) is 22.1. The molecule has 2 atom stereocenters. The number of benzene rings is 1. The Morgan fingerprint density at radius 3 is 2.30 bits per heavy atom. The van der Waals surface area contributed by atoms with E-state index in [1.54, 1.807) is 0 Å². The van der Waals surface area contributed by atoms with Crippen molar-refractivity contribution in [1.29, 1.82) is 0 Å². The van der Waals surface area contributed by atoms with Gasteiger partial charge in [-0.15, -0.1) is 0 Å². The Balaban J connectivity index is 2.71. The highest BCUT2D eigenvalue weighted by atomic mass is 16.4. The Hall–Kier alpha value is -2.28. The van der Waals surface area contributed by atoms with Gasteiger partial charge in [-0.25, -0.2) is 9.59 Å². The molecule has 0 bridgehead atoms. The first-order valence-corrected chi connectivity index (χ1v) is 7.48. The van der Waals surface area contributed by atoms with Crippen LogP contribution >= 0.6 is 0 Å². The lowest BCUT2D eigenvalue weighted by Gasteiger charge is -2.37. The van der Waals surface area contributed by atoms with Gasteiger partial charge in [0.05, 0.1) is 6.04 Å². The number of nitrogens with two attached hydrogens (primary N) is 1. The molecule has 1 aromatic carbocycles. The largest absolute Gasteiger partial charge is 0.465 e. The summed E-state index contributed by atoms with van der Waals surface area (Å²) < 4.78 is 0. The third-order valence-electron chi connectivity index (χ3n) is 4.02. The highest BCUT2D eigenvalue weighted by Crippen LogP contribution is 2.28. The van der Waals surface area contributed by atoms with Crippen molar-refractivity contribution in [3.8, 4) is 0 Å². The zero-order valence-electron chi connectivity index (χ0n) is 13.5. The maximum Gasteiger partial charge on any atom is 0.404 e. The van der Waals surface area contributed by atoms with Crippen molar-refractivity contribution >= 4 is 12.2 Å². The molecular formula is C16H25N3O4. The summed E-state index contributed by atoms with van der Waals surface area (Å²) in [5.41, 5.74) is 7.04. The highest BCUT2D eigenvalue weighted by Gasteiger charge is 2.33. The van der Waals surface area contributed by atoms with Crippen LogP contribution in [0.2, 0.25) is 0 Å². The lowest BCUT2D eigenvalue weighted by atomic mass is 9.76. The number of carboxylic acid groups (broad SMARTS) is 2. The van der Waals surface area contributed by atoms with Gasteiger partial charge in [-0.1, -0.05) is 44.2 Å². The average Bonchev–Trinajstić information content (AvgIpc) is 2.49. The maximum absolute atomic E-state index is 10.9. The minimum Gasteiger partial charge on any atom is -0.465 e. The van der Waals surface area contributed by atoms with Crippen LogP contribution < -0.4 is 16.4 Å². The molecule has 0 aliphatic rings. The molecule has 0 aromatic heterocycles. The molecular weight excluding hydrogens is 298 g/mol. The summed E-state index contributed by atoms with van der Waals surface area (Å²) in [4.78, 5) is 21.6. The van der Waals surface area contributed by atoms with Crippen LogP contribution in [0.5, 0.6) is 0 Å². The highest BCUT2D eigenvalue weighted by molar-refractivity contribution is 5.66. The van der Waals surface area contributed by atoms with E-state index in [1.165, 1.54) is 5.56 Å². The van der Waals surface area contributed by atoms with Crippen LogP contribution in [-0.2, 0) is 6.42 Å². The van der Waals surface area contributed by atoms with Crippen molar-refractivity contribution in [2.75, 3.05) is 6.54 Å². The van der Waals surface area contributed by atoms with Gasteiger partial charge in [0.25, 0.3) is 0 Å². The standard InChI is InChI=1S/C16H25N3O4/c1-16(2,9-8-11-6-4-3-5-7-11)13(17)12(19-15(22)23)10-18-14(20)21/h3-7,12-13,18-19H,8-10,17H2,1-2H3,(H,20,21)(H,22,23)/t12-,13+/m1/s1. The van der Waals surface area contributed by atoms with Crippen molar-refractivity contribution < 1.29 is 19.8 Å². The molecule has 0 saturated carbocycles. The van der Waals surface area contributed by atoms with Crippen molar-refractivity contribution in [1.82, 2.24) is 10.6 Å². The van der Waals surface area contributed by atoms with Gasteiger partial charge in [-0.05, 0) is 23.8 Å². The average molecular weight is 323 g/mol. The van der Waals surface area contributed by atoms with E-state index < -0.39 is 24.3 Å². The molecule has 0 aliphatic carbocycles. The Labute approximate surface area is 135 Å². The minimum absolute atomic E-state index is 0.0719. The molecule has 7 nitrogen and oxygen atoms in total. The van der Waals surface area contributed by atoms with Crippen molar-refractivity contribution in [2.24, 2.45) is 11.1 Å². The van der Waals surface area contributed by atoms with Crippen molar-refractivity contribution in [3.63, 3.8) is 0 Å². The second kappa shape index (κ2) is 8.38. The van der Waals surface area contributed by atoms with Gasteiger partial charge in [0, 0.05) is 12.6 Å². The van der Waals surface area contributed by atoms with E-state index >= 15 is 0 Å². The van der Waals surface area contributed by atoms with Crippen LogP contribution in [0.15, 0.2) is 30.3 Å². The van der Waals surface area contributed by atoms with E-state index in [0.717, 1.165) is 12.8 Å². The monoisotopic (exact) mass is 323 g/mol. The van der Waals surface area contributed by atoms with E-state index in [4.69, 9.17) is 15.9 Å². The molecule has 128 valence electrons. The van der Waals surface area contributed by atoms with E-state index in [9.17, 15) is 9.59 Å². The molecule has 1 aromatic rings. The first kappa shape index (κ1) is 18.8. The number of amides is 2. The van der Waals surface area contributed by atoms with Crippen LogP contribution in [0.4, 0.5) is 9.59 Å². The van der Waals surface area contributed by atoms with Crippen LogP contribution in [0, 0.1) is 5.41 Å². The number of carbonyl (C=O) groups is 2. The van der Waals surface area contributed by atoms with E-state index in [-0.39, 0.29) is 12.0 Å². The molecule has 0 heterocycles. The second-order valence-corrected chi connectivity index (χ2v) is 6.24. The topological polar surface area (TPSA) is 125 Å². The molecule has 6 N–H and O–H groups in total. The molecule has 2 amide bonds. The Morgan fingerprint density at radius 2 is 1.78 bits per heavy atom. The van der Waals surface area contributed by atoms with Gasteiger partial charge in [-0.2, -0.15) is 0 Å². The van der Waals surface area contributed by atoms with Crippen molar-refractivity contribution in [2.45, 2.75) is 38.8 Å². The predicted octanol–water partition coefficient (Wildman–Crippen LogP) is 1.88. The van der Waals surface area contributed by atoms with E-state index in [0.29, 0.717) is 0 Å². The fourth-order valence-electron chi connectivity index (χ4n) is 2.45. The summed E-state index contributed by atoms with van der Waals surface area (Å²) >= 11 is 0. The molecule has 0 aliphatic heterocycles. The molecule has 1 rings (SSSR count). The van der Waals surface area contributed by atoms with Gasteiger partial charge in [0.1, 0.15) is 0 Å². The molecule has 0 unspecified atom stereocenters. The molecule has 7 heteroatoms. The molecule has 0 spiro atoms.